The van der Waals surface area contributed by atoms with Gasteiger partial charge in [0.2, 0.25) is 0 Å². The zero-order chi connectivity index (χ0) is 20.8. The van der Waals surface area contributed by atoms with E-state index in [4.69, 9.17) is 9.97 Å². The molecule has 0 radical (unpaired) electrons. The van der Waals surface area contributed by atoms with Gasteiger partial charge in [-0.1, -0.05) is 111 Å². The standard InChI is InChI=1S/C26H18N2.C2H6/c1-3-10-20(11-4-1)24-18-25(28-26(27-24)21-12-5-2-6-13-21)23-16-15-19-9-7-8-14-22(19)17-23;1-2/h1-18H;1-2H3. The molecule has 0 saturated carbocycles. The summed E-state index contributed by atoms with van der Waals surface area (Å²) in [5.74, 6) is 0.741. The molecule has 5 aromatic rings. The lowest BCUT2D eigenvalue weighted by molar-refractivity contribution is 1.18. The number of nitrogens with zero attached hydrogens (tertiary/aromatic N) is 2. The minimum atomic E-state index is 0.741. The Labute approximate surface area is 177 Å². The van der Waals surface area contributed by atoms with E-state index in [2.05, 4.69) is 60.7 Å². The van der Waals surface area contributed by atoms with Crippen LogP contribution in [0, 0.1) is 0 Å². The second-order valence-corrected chi connectivity index (χ2v) is 6.76. The lowest BCUT2D eigenvalue weighted by Crippen LogP contribution is -1.95. The highest BCUT2D eigenvalue weighted by Crippen LogP contribution is 2.29. The molecule has 0 N–H and O–H groups in total. The molecule has 0 atom stereocenters. The number of hydrogen-bond donors (Lipinski definition) is 0. The lowest BCUT2D eigenvalue weighted by atomic mass is 10.0. The van der Waals surface area contributed by atoms with Crippen LogP contribution in [0.5, 0.6) is 0 Å². The molecule has 1 aromatic heterocycles. The van der Waals surface area contributed by atoms with Crippen molar-refractivity contribution in [1.82, 2.24) is 9.97 Å². The molecule has 30 heavy (non-hydrogen) atoms. The van der Waals surface area contributed by atoms with Gasteiger partial charge in [-0.3, -0.25) is 0 Å². The van der Waals surface area contributed by atoms with E-state index in [1.165, 1.54) is 10.8 Å². The molecule has 0 saturated heterocycles. The summed E-state index contributed by atoms with van der Waals surface area (Å²) in [6.07, 6.45) is 0. The van der Waals surface area contributed by atoms with Crippen molar-refractivity contribution >= 4 is 10.8 Å². The van der Waals surface area contributed by atoms with Gasteiger partial charge in [0.1, 0.15) is 0 Å². The number of benzene rings is 4. The molecular formula is C28H24N2. The molecule has 0 spiro atoms. The summed E-state index contributed by atoms with van der Waals surface area (Å²) in [4.78, 5) is 9.75. The molecule has 0 unspecified atom stereocenters. The van der Waals surface area contributed by atoms with Gasteiger partial charge in [-0.15, -0.1) is 0 Å². The summed E-state index contributed by atoms with van der Waals surface area (Å²) in [6, 6.07) is 37.4. The maximum Gasteiger partial charge on any atom is 0.160 e. The molecule has 0 bridgehead atoms. The second-order valence-electron chi connectivity index (χ2n) is 6.76. The highest BCUT2D eigenvalue weighted by molar-refractivity contribution is 5.87. The minimum absolute atomic E-state index is 0.741. The summed E-state index contributed by atoms with van der Waals surface area (Å²) >= 11 is 0. The van der Waals surface area contributed by atoms with Crippen LogP contribution in [0.25, 0.3) is 44.7 Å². The first-order valence-corrected chi connectivity index (χ1v) is 10.4. The SMILES string of the molecule is CC.c1ccc(-c2cc(-c3ccc4ccccc4c3)nc(-c3ccccc3)n2)cc1. The first-order valence-electron chi connectivity index (χ1n) is 10.4. The van der Waals surface area contributed by atoms with Crippen molar-refractivity contribution in [2.75, 3.05) is 0 Å². The van der Waals surface area contributed by atoms with Gasteiger partial charge >= 0.3 is 0 Å². The van der Waals surface area contributed by atoms with Crippen molar-refractivity contribution in [3.63, 3.8) is 0 Å². The van der Waals surface area contributed by atoms with E-state index in [-0.39, 0.29) is 0 Å². The minimum Gasteiger partial charge on any atom is -0.228 e. The topological polar surface area (TPSA) is 25.8 Å². The quantitative estimate of drug-likeness (QED) is 0.317. The van der Waals surface area contributed by atoms with Gasteiger partial charge in [-0.2, -0.15) is 0 Å². The Hall–Kier alpha value is -3.78. The third-order valence-electron chi connectivity index (χ3n) is 4.87. The van der Waals surface area contributed by atoms with Crippen LogP contribution in [0.3, 0.4) is 0 Å². The molecule has 4 aromatic carbocycles. The molecule has 0 aliphatic carbocycles. The molecule has 0 amide bonds. The first-order chi connectivity index (χ1) is 14.9. The number of rotatable bonds is 3. The Kier molecular flexibility index (Phi) is 5.95. The Morgan fingerprint density at radius 2 is 0.967 bits per heavy atom. The molecule has 2 nitrogen and oxygen atoms in total. The van der Waals surface area contributed by atoms with E-state index < -0.39 is 0 Å². The van der Waals surface area contributed by atoms with Crippen molar-refractivity contribution < 1.29 is 0 Å². The van der Waals surface area contributed by atoms with Gasteiger partial charge in [-0.25, -0.2) is 9.97 Å². The molecule has 0 fully saturated rings. The van der Waals surface area contributed by atoms with Crippen LogP contribution in [0.4, 0.5) is 0 Å². The smallest absolute Gasteiger partial charge is 0.160 e. The van der Waals surface area contributed by atoms with E-state index >= 15 is 0 Å². The van der Waals surface area contributed by atoms with Gasteiger partial charge in [0.25, 0.3) is 0 Å². The number of fused-ring (bicyclic) bond motifs is 1. The lowest BCUT2D eigenvalue weighted by Gasteiger charge is -2.10. The van der Waals surface area contributed by atoms with Crippen LogP contribution in [-0.2, 0) is 0 Å². The predicted molar refractivity (Wildman–Crippen MR) is 127 cm³/mol. The van der Waals surface area contributed by atoms with Crippen LogP contribution in [0.15, 0.2) is 109 Å². The van der Waals surface area contributed by atoms with Gasteiger partial charge in [0.05, 0.1) is 11.4 Å². The fraction of sp³-hybridized carbons (Fsp3) is 0.0714. The summed E-state index contributed by atoms with van der Waals surface area (Å²) in [5, 5.41) is 2.44. The van der Waals surface area contributed by atoms with Gasteiger partial charge in [0.15, 0.2) is 5.82 Å². The van der Waals surface area contributed by atoms with E-state index in [1.807, 2.05) is 62.4 Å². The summed E-state index contributed by atoms with van der Waals surface area (Å²) in [5.41, 5.74) is 5.05. The predicted octanol–water partition coefficient (Wildman–Crippen LogP) is 7.66. The molecule has 1 heterocycles. The molecule has 2 heteroatoms. The molecular weight excluding hydrogens is 364 g/mol. The Bertz CT molecular complexity index is 1190. The maximum absolute atomic E-state index is 4.90. The van der Waals surface area contributed by atoms with E-state index in [1.54, 1.807) is 0 Å². The van der Waals surface area contributed by atoms with Crippen LogP contribution in [0.2, 0.25) is 0 Å². The molecule has 0 aliphatic heterocycles. The van der Waals surface area contributed by atoms with Gasteiger partial charge in [-0.05, 0) is 22.9 Å². The van der Waals surface area contributed by atoms with Crippen LogP contribution < -0.4 is 0 Å². The summed E-state index contributed by atoms with van der Waals surface area (Å²) in [7, 11) is 0. The maximum atomic E-state index is 4.90. The first kappa shape index (κ1) is 19.5. The number of hydrogen-bond acceptors (Lipinski definition) is 2. The fourth-order valence-electron chi connectivity index (χ4n) is 3.42. The Morgan fingerprint density at radius 3 is 1.63 bits per heavy atom. The third kappa shape index (κ3) is 4.13. The molecule has 5 rings (SSSR count). The van der Waals surface area contributed by atoms with Crippen LogP contribution in [-0.4, -0.2) is 9.97 Å². The van der Waals surface area contributed by atoms with Crippen LogP contribution in [0.1, 0.15) is 13.8 Å². The van der Waals surface area contributed by atoms with Gasteiger partial charge in [0, 0.05) is 16.7 Å². The molecule has 146 valence electrons. The summed E-state index contributed by atoms with van der Waals surface area (Å²) < 4.78 is 0. The van der Waals surface area contributed by atoms with E-state index in [0.717, 1.165) is 33.9 Å². The fourth-order valence-corrected chi connectivity index (χ4v) is 3.42. The zero-order valence-corrected chi connectivity index (χ0v) is 17.3. The monoisotopic (exact) mass is 388 g/mol. The van der Waals surface area contributed by atoms with Gasteiger partial charge < -0.3 is 0 Å². The second kappa shape index (κ2) is 9.15. The third-order valence-corrected chi connectivity index (χ3v) is 4.87. The van der Waals surface area contributed by atoms with Crippen molar-refractivity contribution in [1.29, 1.82) is 0 Å². The summed E-state index contributed by atoms with van der Waals surface area (Å²) in [6.45, 7) is 4.00. The Balaban J connectivity index is 0.00000106. The van der Waals surface area contributed by atoms with E-state index in [9.17, 15) is 0 Å². The largest absolute Gasteiger partial charge is 0.228 e. The highest BCUT2D eigenvalue weighted by atomic mass is 14.9. The van der Waals surface area contributed by atoms with E-state index in [0.29, 0.717) is 0 Å². The highest BCUT2D eigenvalue weighted by Gasteiger charge is 2.10. The normalized spacial score (nSPS) is 10.3. The van der Waals surface area contributed by atoms with Crippen LogP contribution >= 0.6 is 0 Å². The van der Waals surface area contributed by atoms with Crippen molar-refractivity contribution in [3.05, 3.63) is 109 Å². The van der Waals surface area contributed by atoms with Crippen molar-refractivity contribution in [3.8, 4) is 33.9 Å². The van der Waals surface area contributed by atoms with Crippen molar-refractivity contribution in [2.24, 2.45) is 0 Å². The zero-order valence-electron chi connectivity index (χ0n) is 17.3. The average Bonchev–Trinajstić information content (AvgIpc) is 2.86. The molecule has 0 aliphatic rings. The van der Waals surface area contributed by atoms with Crippen molar-refractivity contribution in [2.45, 2.75) is 13.8 Å². The average molecular weight is 389 g/mol. The Morgan fingerprint density at radius 1 is 0.433 bits per heavy atom. The number of aromatic nitrogens is 2.